The van der Waals surface area contributed by atoms with Crippen molar-refractivity contribution in [3.05, 3.63) is 40.7 Å². The average molecular weight is 275 g/mol. The van der Waals surface area contributed by atoms with Crippen molar-refractivity contribution in [1.82, 2.24) is 10.2 Å². The van der Waals surface area contributed by atoms with Gasteiger partial charge in [0.05, 0.1) is 5.69 Å². The summed E-state index contributed by atoms with van der Waals surface area (Å²) in [6, 6.07) is 8.68. The van der Waals surface area contributed by atoms with Crippen molar-refractivity contribution in [1.29, 1.82) is 0 Å². The van der Waals surface area contributed by atoms with E-state index in [4.69, 9.17) is 5.11 Å². The third-order valence-corrected chi connectivity index (χ3v) is 2.89. The van der Waals surface area contributed by atoms with Crippen LogP contribution >= 0.6 is 0 Å². The number of amides is 1. The van der Waals surface area contributed by atoms with Gasteiger partial charge in [-0.2, -0.15) is 0 Å². The number of aromatic amines is 2. The Bertz CT molecular complexity index is 613. The second kappa shape index (κ2) is 6.72. The molecule has 0 unspecified atom stereocenters. The average Bonchev–Trinajstić information content (AvgIpc) is 2.86. The number of aliphatic hydroxyl groups is 1. The van der Waals surface area contributed by atoms with Crippen molar-refractivity contribution in [3.63, 3.8) is 0 Å². The minimum atomic E-state index is -0.179. The van der Waals surface area contributed by atoms with Gasteiger partial charge in [0.2, 0.25) is 5.91 Å². The van der Waals surface area contributed by atoms with E-state index in [0.29, 0.717) is 30.6 Å². The Kier molecular flexibility index (Phi) is 4.73. The van der Waals surface area contributed by atoms with Gasteiger partial charge in [0.1, 0.15) is 0 Å². The van der Waals surface area contributed by atoms with Crippen LogP contribution in [0, 0.1) is 0 Å². The first-order valence-corrected chi connectivity index (χ1v) is 6.48. The highest BCUT2D eigenvalue weighted by molar-refractivity contribution is 5.90. The topological polar surface area (TPSA) is 98.0 Å². The Balaban J connectivity index is 1.94. The molecular weight excluding hydrogens is 258 g/mol. The van der Waals surface area contributed by atoms with Gasteiger partial charge >= 0.3 is 0 Å². The predicted octanol–water partition coefficient (Wildman–Crippen LogP) is 1.47. The number of carbonyl (C=O) groups excluding carboxylic acids is 1. The zero-order valence-electron chi connectivity index (χ0n) is 11.0. The molecule has 0 fully saturated rings. The maximum atomic E-state index is 11.6. The Morgan fingerprint density at radius 2 is 1.90 bits per heavy atom. The Hall–Kier alpha value is -2.34. The molecule has 6 nitrogen and oxygen atoms in total. The normalized spacial score (nSPS) is 10.4. The van der Waals surface area contributed by atoms with E-state index in [9.17, 15) is 9.59 Å². The van der Waals surface area contributed by atoms with Crippen LogP contribution in [-0.2, 0) is 4.79 Å². The Morgan fingerprint density at radius 3 is 2.50 bits per heavy atom. The molecule has 2 aromatic rings. The van der Waals surface area contributed by atoms with E-state index >= 15 is 0 Å². The zero-order valence-corrected chi connectivity index (χ0v) is 11.0. The minimum absolute atomic E-state index is 0.0683. The van der Waals surface area contributed by atoms with Crippen LogP contribution in [-0.4, -0.2) is 27.8 Å². The number of nitrogens with one attached hydrogen (secondary N) is 3. The summed E-state index contributed by atoms with van der Waals surface area (Å²) in [6.07, 6.45) is 1.70. The maximum absolute atomic E-state index is 11.6. The first-order valence-electron chi connectivity index (χ1n) is 6.48. The molecule has 106 valence electrons. The number of aliphatic hydroxyl groups excluding tert-OH is 1. The maximum Gasteiger partial charge on any atom is 0.264 e. The molecule has 1 aromatic carbocycles. The van der Waals surface area contributed by atoms with Crippen molar-refractivity contribution in [2.24, 2.45) is 0 Å². The second-order valence-electron chi connectivity index (χ2n) is 4.48. The number of aromatic nitrogens is 2. The molecule has 0 atom stereocenters. The van der Waals surface area contributed by atoms with E-state index in [2.05, 4.69) is 15.5 Å². The molecule has 0 spiro atoms. The van der Waals surface area contributed by atoms with E-state index in [1.54, 1.807) is 12.1 Å². The summed E-state index contributed by atoms with van der Waals surface area (Å²) >= 11 is 0. The third kappa shape index (κ3) is 3.83. The van der Waals surface area contributed by atoms with Gasteiger partial charge < -0.3 is 10.4 Å². The molecule has 0 saturated heterocycles. The lowest BCUT2D eigenvalue weighted by atomic mass is 10.1. The lowest BCUT2D eigenvalue weighted by Crippen LogP contribution is -2.11. The Labute approximate surface area is 115 Å². The standard InChI is InChI=1S/C14H17N3O3/c18-8-2-1-3-13(19)15-11-6-4-10(5-7-11)12-9-14(20)17-16-12/h4-7,9,18H,1-3,8H2,(H,15,19)(H2,16,17,20). The SMILES string of the molecule is O=C(CCCCO)Nc1ccc(-c2cc(=O)[nH][nH]2)cc1. The first kappa shape index (κ1) is 14.1. The van der Waals surface area contributed by atoms with Crippen LogP contribution in [0.25, 0.3) is 11.3 Å². The number of hydrogen-bond acceptors (Lipinski definition) is 3. The number of benzene rings is 1. The summed E-state index contributed by atoms with van der Waals surface area (Å²) in [7, 11) is 0. The van der Waals surface area contributed by atoms with E-state index < -0.39 is 0 Å². The van der Waals surface area contributed by atoms with Gasteiger partial charge in [0, 0.05) is 24.8 Å². The predicted molar refractivity (Wildman–Crippen MR) is 76.4 cm³/mol. The van der Waals surface area contributed by atoms with Crippen molar-refractivity contribution in [3.8, 4) is 11.3 Å². The first-order chi connectivity index (χ1) is 9.69. The van der Waals surface area contributed by atoms with E-state index in [1.165, 1.54) is 6.07 Å². The molecular formula is C14H17N3O3. The van der Waals surface area contributed by atoms with Crippen LogP contribution in [0.4, 0.5) is 5.69 Å². The highest BCUT2D eigenvalue weighted by Crippen LogP contribution is 2.18. The molecule has 1 aromatic heterocycles. The van der Waals surface area contributed by atoms with Crippen molar-refractivity contribution in [2.45, 2.75) is 19.3 Å². The van der Waals surface area contributed by atoms with Gasteiger partial charge in [-0.3, -0.25) is 19.8 Å². The fourth-order valence-electron chi connectivity index (χ4n) is 1.84. The number of H-pyrrole nitrogens is 2. The van der Waals surface area contributed by atoms with E-state index in [1.807, 2.05) is 12.1 Å². The van der Waals surface area contributed by atoms with Crippen LogP contribution in [0.5, 0.6) is 0 Å². The fourth-order valence-corrected chi connectivity index (χ4v) is 1.84. The van der Waals surface area contributed by atoms with Crippen LogP contribution in [0.15, 0.2) is 35.1 Å². The summed E-state index contributed by atoms with van der Waals surface area (Å²) in [6.45, 7) is 0.108. The molecule has 2 rings (SSSR count). The fraction of sp³-hybridized carbons (Fsp3) is 0.286. The van der Waals surface area contributed by atoms with Gasteiger partial charge in [-0.15, -0.1) is 0 Å². The molecule has 20 heavy (non-hydrogen) atoms. The molecule has 0 aliphatic rings. The van der Waals surface area contributed by atoms with Crippen LogP contribution in [0.2, 0.25) is 0 Å². The quantitative estimate of drug-likeness (QED) is 0.601. The zero-order chi connectivity index (χ0) is 14.4. The van der Waals surface area contributed by atoms with Crippen molar-refractivity contribution < 1.29 is 9.90 Å². The highest BCUT2D eigenvalue weighted by Gasteiger charge is 2.04. The highest BCUT2D eigenvalue weighted by atomic mass is 16.3. The molecule has 4 N–H and O–H groups in total. The Morgan fingerprint density at radius 1 is 1.15 bits per heavy atom. The van der Waals surface area contributed by atoms with Crippen LogP contribution in [0.3, 0.4) is 0 Å². The molecule has 1 heterocycles. The summed E-state index contributed by atoms with van der Waals surface area (Å²) in [4.78, 5) is 22.6. The second-order valence-corrected chi connectivity index (χ2v) is 4.48. The number of hydrogen-bond donors (Lipinski definition) is 4. The molecule has 0 saturated carbocycles. The molecule has 0 radical (unpaired) electrons. The third-order valence-electron chi connectivity index (χ3n) is 2.89. The van der Waals surface area contributed by atoms with Gasteiger partial charge in [-0.1, -0.05) is 12.1 Å². The molecule has 0 bridgehead atoms. The lowest BCUT2D eigenvalue weighted by molar-refractivity contribution is -0.116. The van der Waals surface area contributed by atoms with Crippen LogP contribution in [0.1, 0.15) is 19.3 Å². The molecule has 6 heteroatoms. The lowest BCUT2D eigenvalue weighted by Gasteiger charge is -2.05. The monoisotopic (exact) mass is 275 g/mol. The smallest absolute Gasteiger partial charge is 0.264 e. The summed E-state index contributed by atoms with van der Waals surface area (Å²) < 4.78 is 0. The largest absolute Gasteiger partial charge is 0.396 e. The summed E-state index contributed by atoms with van der Waals surface area (Å²) in [5.74, 6) is -0.0683. The molecule has 0 aliphatic carbocycles. The van der Waals surface area contributed by atoms with Gasteiger partial charge in [-0.25, -0.2) is 0 Å². The van der Waals surface area contributed by atoms with Crippen molar-refractivity contribution in [2.75, 3.05) is 11.9 Å². The van der Waals surface area contributed by atoms with Gasteiger partial charge in [0.15, 0.2) is 0 Å². The molecule has 1 amide bonds. The van der Waals surface area contributed by atoms with Gasteiger partial charge in [0.25, 0.3) is 5.56 Å². The number of rotatable bonds is 6. The number of unbranched alkanes of at least 4 members (excludes halogenated alkanes) is 1. The minimum Gasteiger partial charge on any atom is -0.396 e. The number of carbonyl (C=O) groups is 1. The van der Waals surface area contributed by atoms with Gasteiger partial charge in [-0.05, 0) is 30.5 Å². The van der Waals surface area contributed by atoms with E-state index in [0.717, 1.165) is 5.56 Å². The van der Waals surface area contributed by atoms with E-state index in [-0.39, 0.29) is 18.1 Å². The number of anilines is 1. The molecule has 0 aliphatic heterocycles. The van der Waals surface area contributed by atoms with Crippen molar-refractivity contribution >= 4 is 11.6 Å². The summed E-state index contributed by atoms with van der Waals surface area (Å²) in [5.41, 5.74) is 2.10. The van der Waals surface area contributed by atoms with Crippen LogP contribution < -0.4 is 10.9 Å². The summed E-state index contributed by atoms with van der Waals surface area (Å²) in [5, 5.41) is 16.7.